The zero-order valence-electron chi connectivity index (χ0n) is 9.83. The van der Waals surface area contributed by atoms with Crippen LogP contribution in [0.15, 0.2) is 24.3 Å². The lowest BCUT2D eigenvalue weighted by Gasteiger charge is -2.06. The summed E-state index contributed by atoms with van der Waals surface area (Å²) in [6.07, 6.45) is -4.24. The molecule has 1 N–H and O–H groups in total. The smallest absolute Gasteiger partial charge is 0.302 e. The number of Topliss-reactive ketones (excluding diaryl/α,β-unsaturated/α-hetero) is 1. The zero-order valence-corrected chi connectivity index (χ0v) is 10.6. The number of nitrogens with zero attached hydrogens (tertiary/aromatic N) is 1. The van der Waals surface area contributed by atoms with Crippen LogP contribution in [0.1, 0.15) is 5.01 Å². The Balaban J connectivity index is 1.88. The first kappa shape index (κ1) is 14.0. The predicted octanol–water partition coefficient (Wildman–Crippen LogP) is 2.56. The maximum absolute atomic E-state index is 11.9. The Hall–Kier alpha value is -1.47. The average Bonchev–Trinajstić information content (AvgIpc) is 2.68. The van der Waals surface area contributed by atoms with Crippen molar-refractivity contribution in [2.75, 3.05) is 13.1 Å². The van der Waals surface area contributed by atoms with E-state index in [4.69, 9.17) is 0 Å². The lowest BCUT2D eigenvalue weighted by atomic mass is 10.3. The largest absolute Gasteiger partial charge is 0.401 e. The number of rotatable bonds is 5. The minimum atomic E-state index is -4.30. The Labute approximate surface area is 111 Å². The first-order chi connectivity index (χ1) is 8.94. The van der Waals surface area contributed by atoms with Crippen molar-refractivity contribution >= 4 is 27.3 Å². The van der Waals surface area contributed by atoms with Crippen molar-refractivity contribution in [3.05, 3.63) is 29.3 Å². The fourth-order valence-electron chi connectivity index (χ4n) is 1.57. The summed E-state index contributed by atoms with van der Waals surface area (Å²) in [5.41, 5.74) is 0.804. The molecule has 0 amide bonds. The lowest BCUT2D eigenvalue weighted by Crippen LogP contribution is -2.33. The second-order valence-corrected chi connectivity index (χ2v) is 5.12. The first-order valence-electron chi connectivity index (χ1n) is 5.58. The summed E-state index contributed by atoms with van der Waals surface area (Å²) >= 11 is 1.38. The fourth-order valence-corrected chi connectivity index (χ4v) is 2.57. The molecule has 1 heterocycles. The molecule has 0 bridgehead atoms. The summed E-state index contributed by atoms with van der Waals surface area (Å²) in [6.45, 7) is -1.45. The van der Waals surface area contributed by atoms with E-state index in [1.807, 2.05) is 24.3 Å². The summed E-state index contributed by atoms with van der Waals surface area (Å²) < 4.78 is 36.6. The number of carbonyl (C=O) groups is 1. The predicted molar refractivity (Wildman–Crippen MR) is 67.3 cm³/mol. The summed E-state index contributed by atoms with van der Waals surface area (Å²) in [6, 6.07) is 7.44. The Morgan fingerprint density at radius 2 is 2.05 bits per heavy atom. The van der Waals surface area contributed by atoms with Crippen molar-refractivity contribution in [2.24, 2.45) is 0 Å². The van der Waals surface area contributed by atoms with Gasteiger partial charge in [-0.1, -0.05) is 12.1 Å². The number of hydrogen-bond acceptors (Lipinski definition) is 4. The lowest BCUT2D eigenvalue weighted by molar-refractivity contribution is -0.127. The topological polar surface area (TPSA) is 42.0 Å². The van der Waals surface area contributed by atoms with Gasteiger partial charge in [-0.05, 0) is 12.1 Å². The monoisotopic (exact) mass is 288 g/mol. The number of nitrogens with one attached hydrogen (secondary N) is 1. The molecule has 102 valence electrons. The van der Waals surface area contributed by atoms with Crippen molar-refractivity contribution < 1.29 is 18.0 Å². The van der Waals surface area contributed by atoms with Crippen LogP contribution < -0.4 is 5.32 Å². The highest BCUT2D eigenvalue weighted by atomic mass is 32.1. The van der Waals surface area contributed by atoms with Gasteiger partial charge in [-0.25, -0.2) is 4.98 Å². The number of fused-ring (bicyclic) bond motifs is 1. The van der Waals surface area contributed by atoms with Crippen molar-refractivity contribution in [1.29, 1.82) is 0 Å². The van der Waals surface area contributed by atoms with E-state index in [9.17, 15) is 18.0 Å². The molecular formula is C12H11F3N2OS. The molecule has 0 aliphatic rings. The second-order valence-electron chi connectivity index (χ2n) is 4.01. The highest BCUT2D eigenvalue weighted by molar-refractivity contribution is 7.18. The quantitative estimate of drug-likeness (QED) is 0.919. The van der Waals surface area contributed by atoms with E-state index in [-0.39, 0.29) is 18.7 Å². The van der Waals surface area contributed by atoms with E-state index in [1.54, 1.807) is 0 Å². The third-order valence-electron chi connectivity index (χ3n) is 2.33. The van der Waals surface area contributed by atoms with Gasteiger partial charge in [0, 0.05) is 0 Å². The number of alkyl halides is 3. The molecule has 0 fully saturated rings. The average molecular weight is 288 g/mol. The molecule has 0 spiro atoms. The number of ketones is 1. The first-order valence-corrected chi connectivity index (χ1v) is 6.39. The van der Waals surface area contributed by atoms with E-state index in [1.165, 1.54) is 11.3 Å². The van der Waals surface area contributed by atoms with Crippen molar-refractivity contribution in [3.63, 3.8) is 0 Å². The normalized spacial score (nSPS) is 11.9. The highest BCUT2D eigenvalue weighted by Crippen LogP contribution is 2.21. The molecule has 3 nitrogen and oxygen atoms in total. The molecule has 0 aliphatic carbocycles. The van der Waals surface area contributed by atoms with Crippen LogP contribution in [0.5, 0.6) is 0 Å². The maximum atomic E-state index is 11.9. The van der Waals surface area contributed by atoms with Gasteiger partial charge in [0.15, 0.2) is 5.78 Å². The Bertz CT molecular complexity index is 547. The number of thiazole rings is 1. The second kappa shape index (κ2) is 5.66. The standard InChI is InChI=1S/C12H11F3N2OS/c13-12(14,15)7-16-6-8(18)5-11-17-9-3-1-2-4-10(9)19-11/h1-4,16H,5-7H2. The molecule has 0 saturated carbocycles. The molecule has 0 unspecified atom stereocenters. The van der Waals surface area contributed by atoms with Crippen LogP contribution in [0.25, 0.3) is 10.2 Å². The van der Waals surface area contributed by atoms with Crippen molar-refractivity contribution in [2.45, 2.75) is 12.6 Å². The van der Waals surface area contributed by atoms with Crippen LogP contribution >= 0.6 is 11.3 Å². The SMILES string of the molecule is O=C(CNCC(F)(F)F)Cc1nc2ccccc2s1. The van der Waals surface area contributed by atoms with Gasteiger partial charge < -0.3 is 5.32 Å². The third-order valence-corrected chi connectivity index (χ3v) is 3.37. The molecule has 2 rings (SSSR count). The van der Waals surface area contributed by atoms with Crippen molar-refractivity contribution in [3.8, 4) is 0 Å². The summed E-state index contributed by atoms with van der Waals surface area (Å²) in [7, 11) is 0. The van der Waals surface area contributed by atoms with E-state index in [2.05, 4.69) is 10.3 Å². The number of benzene rings is 1. The Morgan fingerprint density at radius 3 is 2.74 bits per heavy atom. The molecular weight excluding hydrogens is 277 g/mol. The number of para-hydroxylation sites is 1. The third kappa shape index (κ3) is 4.29. The van der Waals surface area contributed by atoms with Crippen LogP contribution in [0.2, 0.25) is 0 Å². The van der Waals surface area contributed by atoms with Crippen LogP contribution in [-0.4, -0.2) is 30.0 Å². The number of carbonyl (C=O) groups excluding carboxylic acids is 1. The molecule has 19 heavy (non-hydrogen) atoms. The van der Waals surface area contributed by atoms with Crippen LogP contribution in [0.4, 0.5) is 13.2 Å². The molecule has 1 aromatic heterocycles. The molecule has 0 saturated heterocycles. The van der Waals surface area contributed by atoms with E-state index in [0.29, 0.717) is 5.01 Å². The van der Waals surface area contributed by atoms with E-state index < -0.39 is 12.7 Å². The van der Waals surface area contributed by atoms with Gasteiger partial charge in [0.05, 0.1) is 29.7 Å². The fraction of sp³-hybridized carbons (Fsp3) is 0.333. The van der Waals surface area contributed by atoms with Gasteiger partial charge in [0.25, 0.3) is 0 Å². The molecule has 0 atom stereocenters. The Kier molecular flexibility index (Phi) is 4.16. The Morgan fingerprint density at radius 1 is 1.32 bits per heavy atom. The van der Waals surface area contributed by atoms with Crippen molar-refractivity contribution in [1.82, 2.24) is 10.3 Å². The molecule has 2 aromatic rings. The van der Waals surface area contributed by atoms with E-state index in [0.717, 1.165) is 10.2 Å². The van der Waals surface area contributed by atoms with Gasteiger partial charge in [-0.3, -0.25) is 4.79 Å². The molecule has 0 aliphatic heterocycles. The molecule has 7 heteroatoms. The van der Waals surface area contributed by atoms with Gasteiger partial charge in [-0.2, -0.15) is 13.2 Å². The summed E-state index contributed by atoms with van der Waals surface area (Å²) in [5.74, 6) is -0.302. The number of hydrogen-bond donors (Lipinski definition) is 1. The van der Waals surface area contributed by atoms with Crippen LogP contribution in [0, 0.1) is 0 Å². The highest BCUT2D eigenvalue weighted by Gasteiger charge is 2.26. The van der Waals surface area contributed by atoms with Gasteiger partial charge in [0.1, 0.15) is 5.01 Å². The van der Waals surface area contributed by atoms with Gasteiger partial charge in [0.2, 0.25) is 0 Å². The summed E-state index contributed by atoms with van der Waals surface area (Å²) in [4.78, 5) is 15.8. The zero-order chi connectivity index (χ0) is 13.9. The number of aromatic nitrogens is 1. The van der Waals surface area contributed by atoms with Gasteiger partial charge in [-0.15, -0.1) is 11.3 Å². The maximum Gasteiger partial charge on any atom is 0.401 e. The molecule has 1 aromatic carbocycles. The van der Waals surface area contributed by atoms with Gasteiger partial charge >= 0.3 is 6.18 Å². The minimum Gasteiger partial charge on any atom is -0.302 e. The molecule has 0 radical (unpaired) electrons. The van der Waals surface area contributed by atoms with E-state index >= 15 is 0 Å². The summed E-state index contributed by atoms with van der Waals surface area (Å²) in [5, 5.41) is 2.71. The number of halogens is 3. The minimum absolute atomic E-state index is 0.0597. The van der Waals surface area contributed by atoms with Crippen LogP contribution in [-0.2, 0) is 11.2 Å². The van der Waals surface area contributed by atoms with Crippen LogP contribution in [0.3, 0.4) is 0 Å².